The van der Waals surface area contributed by atoms with Crippen LogP contribution in [-0.4, -0.2) is 34.5 Å². The number of aryl methyl sites for hydroxylation is 1. The zero-order valence-electron chi connectivity index (χ0n) is 10.3. The highest BCUT2D eigenvalue weighted by Gasteiger charge is 2.27. The van der Waals surface area contributed by atoms with Gasteiger partial charge in [0.2, 0.25) is 0 Å². The number of hydrogen-bond acceptors (Lipinski definition) is 4. The van der Waals surface area contributed by atoms with E-state index in [0.717, 1.165) is 51.0 Å². The van der Waals surface area contributed by atoms with Crippen molar-refractivity contribution in [1.29, 1.82) is 0 Å². The fourth-order valence-corrected chi connectivity index (χ4v) is 2.15. The van der Waals surface area contributed by atoms with Crippen LogP contribution in [-0.2, 0) is 11.3 Å². The lowest BCUT2D eigenvalue weighted by Crippen LogP contribution is -2.17. The summed E-state index contributed by atoms with van der Waals surface area (Å²) in [6.45, 7) is 4.25. The molecule has 1 aromatic rings. The summed E-state index contributed by atoms with van der Waals surface area (Å²) >= 11 is 0. The summed E-state index contributed by atoms with van der Waals surface area (Å²) in [6.07, 6.45) is 5.28. The zero-order chi connectivity index (χ0) is 12.1. The minimum Gasteiger partial charge on any atom is -0.382 e. The largest absolute Gasteiger partial charge is 0.382 e. The molecule has 0 aromatic carbocycles. The second-order valence-electron chi connectivity index (χ2n) is 4.38. The number of ether oxygens (including phenoxy) is 1. The summed E-state index contributed by atoms with van der Waals surface area (Å²) in [4.78, 5) is 10.9. The molecule has 1 aromatic heterocycles. The van der Waals surface area contributed by atoms with E-state index in [-0.39, 0.29) is 0 Å². The Bertz CT molecular complexity index is 372. The molecule has 0 N–H and O–H groups in total. The van der Waals surface area contributed by atoms with Gasteiger partial charge >= 0.3 is 0 Å². The van der Waals surface area contributed by atoms with E-state index in [4.69, 9.17) is 4.74 Å². The topological polar surface area (TPSA) is 57.0 Å². The first kappa shape index (κ1) is 12.2. The minimum absolute atomic E-state index is 0.484. The number of hydrogen-bond donors (Lipinski definition) is 0. The Morgan fingerprint density at radius 3 is 2.94 bits per heavy atom. The lowest BCUT2D eigenvalue weighted by Gasteiger charge is -2.26. The highest BCUT2D eigenvalue weighted by molar-refractivity contribution is 5.73. The van der Waals surface area contributed by atoms with E-state index in [0.29, 0.717) is 11.6 Å². The van der Waals surface area contributed by atoms with Crippen LogP contribution in [0.2, 0.25) is 0 Å². The van der Waals surface area contributed by atoms with Crippen LogP contribution in [0.4, 0.5) is 0 Å². The molecule has 1 saturated carbocycles. The lowest BCUT2D eigenvalue weighted by atomic mass is 9.82. The SMILES string of the molecule is CCOCCCn1nnc(C=O)c1C1CCC1. The third kappa shape index (κ3) is 2.72. The molecule has 2 rings (SSSR count). The Labute approximate surface area is 101 Å². The average molecular weight is 237 g/mol. The molecule has 1 aliphatic rings. The molecule has 0 bridgehead atoms. The van der Waals surface area contributed by atoms with E-state index in [9.17, 15) is 4.79 Å². The maximum Gasteiger partial charge on any atom is 0.172 e. The van der Waals surface area contributed by atoms with Gasteiger partial charge in [0.05, 0.1) is 5.69 Å². The smallest absolute Gasteiger partial charge is 0.172 e. The molecule has 0 aliphatic heterocycles. The average Bonchev–Trinajstić information content (AvgIpc) is 2.66. The van der Waals surface area contributed by atoms with E-state index >= 15 is 0 Å². The molecule has 17 heavy (non-hydrogen) atoms. The first-order chi connectivity index (χ1) is 8.36. The van der Waals surface area contributed by atoms with Crippen molar-refractivity contribution in [3.8, 4) is 0 Å². The van der Waals surface area contributed by atoms with E-state index in [1.165, 1.54) is 6.42 Å². The molecule has 0 atom stereocenters. The van der Waals surface area contributed by atoms with E-state index in [1.54, 1.807) is 0 Å². The number of carbonyl (C=O) groups excluding carboxylic acids is 1. The van der Waals surface area contributed by atoms with Crippen molar-refractivity contribution in [2.75, 3.05) is 13.2 Å². The van der Waals surface area contributed by atoms with Crippen LogP contribution in [0.3, 0.4) is 0 Å². The van der Waals surface area contributed by atoms with Crippen molar-refractivity contribution in [2.45, 2.75) is 45.1 Å². The highest BCUT2D eigenvalue weighted by Crippen LogP contribution is 2.37. The number of aldehydes is 1. The number of rotatable bonds is 7. The summed E-state index contributed by atoms with van der Waals surface area (Å²) < 4.78 is 7.18. The molecule has 1 heterocycles. The zero-order valence-corrected chi connectivity index (χ0v) is 10.3. The molecule has 0 radical (unpaired) electrons. The van der Waals surface area contributed by atoms with Gasteiger partial charge in [0.1, 0.15) is 5.69 Å². The Kier molecular flexibility index (Phi) is 4.25. The molecule has 0 spiro atoms. The Morgan fingerprint density at radius 2 is 2.35 bits per heavy atom. The molecule has 0 unspecified atom stereocenters. The van der Waals surface area contributed by atoms with Crippen molar-refractivity contribution >= 4 is 6.29 Å². The Morgan fingerprint density at radius 1 is 1.53 bits per heavy atom. The second kappa shape index (κ2) is 5.91. The van der Waals surface area contributed by atoms with Crippen LogP contribution in [0, 0.1) is 0 Å². The third-order valence-corrected chi connectivity index (χ3v) is 3.27. The van der Waals surface area contributed by atoms with Gasteiger partial charge < -0.3 is 4.74 Å². The van der Waals surface area contributed by atoms with Gasteiger partial charge in [-0.3, -0.25) is 4.79 Å². The van der Waals surface area contributed by atoms with Crippen LogP contribution in [0.15, 0.2) is 0 Å². The molecule has 1 fully saturated rings. The number of nitrogens with zero attached hydrogens (tertiary/aromatic N) is 3. The number of aromatic nitrogens is 3. The fraction of sp³-hybridized carbons (Fsp3) is 0.750. The lowest BCUT2D eigenvalue weighted by molar-refractivity contribution is 0.111. The predicted octanol–water partition coefficient (Wildman–Crippen LogP) is 1.78. The van der Waals surface area contributed by atoms with Crippen molar-refractivity contribution < 1.29 is 9.53 Å². The van der Waals surface area contributed by atoms with Gasteiger partial charge in [-0.15, -0.1) is 5.10 Å². The summed E-state index contributed by atoms with van der Waals surface area (Å²) in [5, 5.41) is 8.01. The van der Waals surface area contributed by atoms with Crippen molar-refractivity contribution in [3.63, 3.8) is 0 Å². The molecule has 94 valence electrons. The van der Waals surface area contributed by atoms with E-state index in [2.05, 4.69) is 10.3 Å². The maximum absolute atomic E-state index is 10.9. The fourth-order valence-electron chi connectivity index (χ4n) is 2.15. The first-order valence-corrected chi connectivity index (χ1v) is 6.33. The van der Waals surface area contributed by atoms with Gasteiger partial charge in [0, 0.05) is 25.7 Å². The monoisotopic (exact) mass is 237 g/mol. The van der Waals surface area contributed by atoms with Crippen molar-refractivity contribution in [1.82, 2.24) is 15.0 Å². The van der Waals surface area contributed by atoms with Gasteiger partial charge in [-0.1, -0.05) is 11.6 Å². The molecule has 1 aliphatic carbocycles. The highest BCUT2D eigenvalue weighted by atomic mass is 16.5. The Hall–Kier alpha value is -1.23. The molecule has 5 nitrogen and oxygen atoms in total. The minimum atomic E-state index is 0.484. The maximum atomic E-state index is 10.9. The van der Waals surface area contributed by atoms with Gasteiger partial charge in [0.25, 0.3) is 0 Å². The van der Waals surface area contributed by atoms with Gasteiger partial charge in [-0.2, -0.15) is 0 Å². The van der Waals surface area contributed by atoms with Gasteiger partial charge in [-0.05, 0) is 26.2 Å². The predicted molar refractivity (Wildman–Crippen MR) is 63.1 cm³/mol. The van der Waals surface area contributed by atoms with Crippen LogP contribution in [0.1, 0.15) is 54.7 Å². The van der Waals surface area contributed by atoms with Gasteiger partial charge in [0.15, 0.2) is 6.29 Å². The van der Waals surface area contributed by atoms with Crippen molar-refractivity contribution in [3.05, 3.63) is 11.4 Å². The standard InChI is InChI=1S/C12H19N3O2/c1-2-17-8-4-7-15-12(10-5-3-6-10)11(9-16)13-14-15/h9-10H,2-8H2,1H3. The van der Waals surface area contributed by atoms with Crippen LogP contribution < -0.4 is 0 Å². The second-order valence-corrected chi connectivity index (χ2v) is 4.38. The first-order valence-electron chi connectivity index (χ1n) is 6.33. The summed E-state index contributed by atoms with van der Waals surface area (Å²) in [7, 11) is 0. The van der Waals surface area contributed by atoms with Crippen molar-refractivity contribution in [2.24, 2.45) is 0 Å². The molecule has 0 amide bonds. The van der Waals surface area contributed by atoms with Gasteiger partial charge in [-0.25, -0.2) is 4.68 Å². The third-order valence-electron chi connectivity index (χ3n) is 3.27. The van der Waals surface area contributed by atoms with Crippen LogP contribution in [0.25, 0.3) is 0 Å². The molecular formula is C12H19N3O2. The molecular weight excluding hydrogens is 218 g/mol. The summed E-state index contributed by atoms with van der Waals surface area (Å²) in [5.41, 5.74) is 1.55. The summed E-state index contributed by atoms with van der Waals surface area (Å²) in [5.74, 6) is 0.484. The Balaban J connectivity index is 2.00. The van der Waals surface area contributed by atoms with E-state index < -0.39 is 0 Å². The number of carbonyl (C=O) groups is 1. The quantitative estimate of drug-likeness (QED) is 0.536. The van der Waals surface area contributed by atoms with E-state index in [1.807, 2.05) is 11.6 Å². The summed E-state index contributed by atoms with van der Waals surface area (Å²) in [6, 6.07) is 0. The molecule has 0 saturated heterocycles. The normalized spacial score (nSPS) is 15.8. The van der Waals surface area contributed by atoms with Crippen LogP contribution in [0.5, 0.6) is 0 Å². The molecule has 5 heteroatoms. The van der Waals surface area contributed by atoms with Crippen LogP contribution >= 0.6 is 0 Å².